The van der Waals surface area contributed by atoms with E-state index in [-0.39, 0.29) is 6.23 Å². The second kappa shape index (κ2) is 8.00. The molecule has 1 aromatic carbocycles. The fourth-order valence-corrected chi connectivity index (χ4v) is 2.07. The highest BCUT2D eigenvalue weighted by Crippen LogP contribution is 2.24. The van der Waals surface area contributed by atoms with Gasteiger partial charge in [-0.2, -0.15) is 0 Å². The molecule has 0 spiro atoms. The third kappa shape index (κ3) is 5.02. The SMILES string of the molecule is CCC1=NC(c2ccc(OCCCCN(C)C)cc2)ON1. The van der Waals surface area contributed by atoms with Crippen LogP contribution in [0.25, 0.3) is 0 Å². The maximum Gasteiger partial charge on any atom is 0.202 e. The van der Waals surface area contributed by atoms with Gasteiger partial charge < -0.3 is 9.64 Å². The number of amidine groups is 1. The third-order valence-corrected chi connectivity index (χ3v) is 3.33. The zero-order valence-corrected chi connectivity index (χ0v) is 13.1. The maximum atomic E-state index is 5.74. The predicted molar refractivity (Wildman–Crippen MR) is 84.4 cm³/mol. The lowest BCUT2D eigenvalue weighted by Gasteiger charge is -2.11. The van der Waals surface area contributed by atoms with Crippen LogP contribution in [0.4, 0.5) is 0 Å². The van der Waals surface area contributed by atoms with Crippen LogP contribution in [-0.2, 0) is 4.84 Å². The molecule has 0 fully saturated rings. The van der Waals surface area contributed by atoms with Crippen molar-refractivity contribution in [3.8, 4) is 5.75 Å². The van der Waals surface area contributed by atoms with Gasteiger partial charge in [-0.15, -0.1) is 0 Å². The molecule has 1 aliphatic heterocycles. The number of nitrogens with one attached hydrogen (secondary N) is 1. The molecule has 1 aromatic rings. The van der Waals surface area contributed by atoms with Crippen LogP contribution in [0.15, 0.2) is 29.3 Å². The van der Waals surface area contributed by atoms with Crippen molar-refractivity contribution >= 4 is 5.84 Å². The summed E-state index contributed by atoms with van der Waals surface area (Å²) in [6.07, 6.45) is 2.83. The fraction of sp³-hybridized carbons (Fsp3) is 0.562. The minimum atomic E-state index is -0.242. The number of aliphatic imine (C=N–C) groups is 1. The van der Waals surface area contributed by atoms with Gasteiger partial charge in [-0.3, -0.25) is 5.48 Å². The van der Waals surface area contributed by atoms with Gasteiger partial charge in [0.1, 0.15) is 11.6 Å². The number of hydrogen-bond donors (Lipinski definition) is 1. The molecule has 0 aliphatic carbocycles. The molecule has 1 aliphatic rings. The molecule has 5 heteroatoms. The van der Waals surface area contributed by atoms with Crippen LogP contribution >= 0.6 is 0 Å². The molecule has 1 atom stereocenters. The van der Waals surface area contributed by atoms with Crippen molar-refractivity contribution in [3.63, 3.8) is 0 Å². The molecule has 5 nitrogen and oxygen atoms in total. The predicted octanol–water partition coefficient (Wildman–Crippen LogP) is 2.75. The van der Waals surface area contributed by atoms with Crippen LogP contribution < -0.4 is 10.2 Å². The molecular weight excluding hydrogens is 266 g/mol. The van der Waals surface area contributed by atoms with E-state index in [1.54, 1.807) is 0 Å². The Morgan fingerprint density at radius 3 is 2.62 bits per heavy atom. The van der Waals surface area contributed by atoms with E-state index in [2.05, 4.69) is 29.5 Å². The van der Waals surface area contributed by atoms with Gasteiger partial charge in [0.05, 0.1) is 6.61 Å². The monoisotopic (exact) mass is 291 g/mol. The average Bonchev–Trinajstić information content (AvgIpc) is 2.96. The van der Waals surface area contributed by atoms with E-state index in [4.69, 9.17) is 9.57 Å². The number of rotatable bonds is 8. The zero-order valence-electron chi connectivity index (χ0n) is 13.1. The highest BCUT2D eigenvalue weighted by Gasteiger charge is 2.18. The summed E-state index contributed by atoms with van der Waals surface area (Å²) >= 11 is 0. The molecule has 1 heterocycles. The van der Waals surface area contributed by atoms with Gasteiger partial charge >= 0.3 is 0 Å². The van der Waals surface area contributed by atoms with E-state index in [1.807, 2.05) is 31.2 Å². The van der Waals surface area contributed by atoms with Gasteiger partial charge in [0.25, 0.3) is 0 Å². The second-order valence-electron chi connectivity index (χ2n) is 5.43. The fourth-order valence-electron chi connectivity index (χ4n) is 2.07. The molecule has 0 aromatic heterocycles. The molecular formula is C16H25N3O2. The summed E-state index contributed by atoms with van der Waals surface area (Å²) in [5.41, 5.74) is 3.87. The van der Waals surface area contributed by atoms with E-state index in [9.17, 15) is 0 Å². The summed E-state index contributed by atoms with van der Waals surface area (Å²) in [7, 11) is 4.18. The van der Waals surface area contributed by atoms with Crippen molar-refractivity contribution in [2.75, 3.05) is 27.2 Å². The normalized spacial score (nSPS) is 17.7. The first-order chi connectivity index (χ1) is 10.2. The molecule has 2 rings (SSSR count). The number of hydroxylamine groups is 1. The third-order valence-electron chi connectivity index (χ3n) is 3.33. The number of ether oxygens (including phenoxy) is 1. The van der Waals surface area contributed by atoms with Crippen molar-refractivity contribution in [1.82, 2.24) is 10.4 Å². The Morgan fingerprint density at radius 2 is 2.00 bits per heavy atom. The lowest BCUT2D eigenvalue weighted by molar-refractivity contribution is 0.0370. The Bertz CT molecular complexity index is 457. The molecule has 0 radical (unpaired) electrons. The van der Waals surface area contributed by atoms with Gasteiger partial charge in [-0.05, 0) is 45.6 Å². The molecule has 0 saturated carbocycles. The molecule has 21 heavy (non-hydrogen) atoms. The Balaban J connectivity index is 1.76. The number of hydrogen-bond acceptors (Lipinski definition) is 5. The Morgan fingerprint density at radius 1 is 1.24 bits per heavy atom. The lowest BCUT2D eigenvalue weighted by Crippen LogP contribution is -2.15. The quantitative estimate of drug-likeness (QED) is 0.748. The first-order valence-corrected chi connectivity index (χ1v) is 7.55. The standard InChI is InChI=1S/C16H25N3O2/c1-4-15-17-16(21-18-15)13-7-9-14(10-8-13)20-12-6-5-11-19(2)3/h7-10,16H,4-6,11-12H2,1-3H3,(H,17,18). The first-order valence-electron chi connectivity index (χ1n) is 7.55. The summed E-state index contributed by atoms with van der Waals surface area (Å²) in [4.78, 5) is 12.1. The van der Waals surface area contributed by atoms with Gasteiger partial charge in [-0.25, -0.2) is 9.83 Å². The zero-order chi connectivity index (χ0) is 15.1. The van der Waals surface area contributed by atoms with Crippen LogP contribution in [0, 0.1) is 0 Å². The summed E-state index contributed by atoms with van der Waals surface area (Å²) in [5.74, 6) is 1.79. The van der Waals surface area contributed by atoms with Crippen molar-refractivity contribution in [1.29, 1.82) is 0 Å². The highest BCUT2D eigenvalue weighted by atomic mass is 16.7. The van der Waals surface area contributed by atoms with Crippen LogP contribution in [0.2, 0.25) is 0 Å². The van der Waals surface area contributed by atoms with Crippen molar-refractivity contribution in [3.05, 3.63) is 29.8 Å². The molecule has 0 saturated heterocycles. The molecule has 1 N–H and O–H groups in total. The Labute approximate surface area is 126 Å². The van der Waals surface area contributed by atoms with E-state index < -0.39 is 0 Å². The van der Waals surface area contributed by atoms with Crippen molar-refractivity contribution in [2.24, 2.45) is 4.99 Å². The van der Waals surface area contributed by atoms with Crippen LogP contribution in [0.1, 0.15) is 38.0 Å². The molecule has 0 amide bonds. The highest BCUT2D eigenvalue weighted by molar-refractivity contribution is 5.82. The van der Waals surface area contributed by atoms with Gasteiger partial charge in [0.15, 0.2) is 0 Å². The van der Waals surface area contributed by atoms with Crippen LogP contribution in [-0.4, -0.2) is 38.0 Å². The van der Waals surface area contributed by atoms with Crippen molar-refractivity contribution in [2.45, 2.75) is 32.4 Å². The minimum Gasteiger partial charge on any atom is -0.494 e. The second-order valence-corrected chi connectivity index (χ2v) is 5.43. The summed E-state index contributed by atoms with van der Waals surface area (Å²) in [6, 6.07) is 7.96. The first kappa shape index (κ1) is 15.8. The smallest absolute Gasteiger partial charge is 0.202 e. The maximum absolute atomic E-state index is 5.74. The van der Waals surface area contributed by atoms with Gasteiger partial charge in [0.2, 0.25) is 6.23 Å². The number of benzene rings is 1. The minimum absolute atomic E-state index is 0.242. The topological polar surface area (TPSA) is 46.1 Å². The van der Waals surface area contributed by atoms with Crippen LogP contribution in [0.3, 0.4) is 0 Å². The summed E-state index contributed by atoms with van der Waals surface area (Å²) in [5, 5.41) is 0. The van der Waals surface area contributed by atoms with E-state index in [0.717, 1.165) is 49.6 Å². The van der Waals surface area contributed by atoms with E-state index in [0.29, 0.717) is 0 Å². The van der Waals surface area contributed by atoms with Crippen LogP contribution in [0.5, 0.6) is 5.75 Å². The summed E-state index contributed by atoms with van der Waals surface area (Å²) in [6.45, 7) is 3.91. The van der Waals surface area contributed by atoms with Gasteiger partial charge in [0, 0.05) is 12.0 Å². The Hall–Kier alpha value is -1.59. The van der Waals surface area contributed by atoms with E-state index in [1.165, 1.54) is 0 Å². The van der Waals surface area contributed by atoms with E-state index >= 15 is 0 Å². The largest absolute Gasteiger partial charge is 0.494 e. The number of unbranched alkanes of at least 4 members (excludes halogenated alkanes) is 1. The van der Waals surface area contributed by atoms with Gasteiger partial charge in [-0.1, -0.05) is 19.1 Å². The molecule has 1 unspecified atom stereocenters. The average molecular weight is 291 g/mol. The summed E-state index contributed by atoms with van der Waals surface area (Å²) < 4.78 is 5.74. The number of nitrogens with zero attached hydrogens (tertiary/aromatic N) is 2. The van der Waals surface area contributed by atoms with Crippen molar-refractivity contribution < 1.29 is 9.57 Å². The molecule has 116 valence electrons. The Kier molecular flexibility index (Phi) is 6.02. The lowest BCUT2D eigenvalue weighted by atomic mass is 10.2. The molecule has 0 bridgehead atoms.